The number of nitrogens with one attached hydrogen (secondary N) is 4. The van der Waals surface area contributed by atoms with Gasteiger partial charge in [-0.05, 0) is 47.8 Å². The van der Waals surface area contributed by atoms with Gasteiger partial charge in [0, 0.05) is 25.9 Å². The van der Waals surface area contributed by atoms with Crippen LogP contribution in [0.15, 0.2) is 0 Å². The number of amides is 5. The third-order valence-corrected chi connectivity index (χ3v) is 9.19. The topological polar surface area (TPSA) is 154 Å². The number of fused-ring (bicyclic) bond motifs is 1. The summed E-state index contributed by atoms with van der Waals surface area (Å²) in [6.07, 6.45) is -5.33. The number of halogens is 3. The molecule has 3 rings (SSSR count). The van der Waals surface area contributed by atoms with Gasteiger partial charge < -0.3 is 26.2 Å². The number of ketones is 2. The van der Waals surface area contributed by atoms with Crippen molar-refractivity contribution in [1.29, 1.82) is 0 Å². The molecule has 5 amide bonds. The zero-order valence-corrected chi connectivity index (χ0v) is 26.7. The molecule has 3 aliphatic rings. The molecule has 44 heavy (non-hydrogen) atoms. The average molecular weight is 630 g/mol. The SMILES string of the molecule is CNC(=O)C(=O)C(CCC(F)(F)F)NC(=O)[C@@H]1[C@@H]2[C@H](CN1C(=O)[C@@H](NC(=O)N[C@H](C(=O)C1CC1)C(C)C)C(C)(C)C)C2(C)C. The first kappa shape index (κ1) is 35.3. The molecule has 0 spiro atoms. The highest BCUT2D eigenvalue weighted by atomic mass is 19.4. The summed E-state index contributed by atoms with van der Waals surface area (Å²) < 4.78 is 39.1. The Hall–Kier alpha value is -3.19. The van der Waals surface area contributed by atoms with Crippen LogP contribution < -0.4 is 21.3 Å². The zero-order chi connectivity index (χ0) is 33.5. The maximum atomic E-state index is 14.1. The van der Waals surface area contributed by atoms with Gasteiger partial charge in [0.05, 0.1) is 12.1 Å². The monoisotopic (exact) mass is 629 g/mol. The fourth-order valence-corrected chi connectivity index (χ4v) is 6.25. The minimum Gasteiger partial charge on any atom is -0.353 e. The van der Waals surface area contributed by atoms with E-state index in [-0.39, 0.29) is 41.4 Å². The number of alkyl halides is 3. The predicted molar refractivity (Wildman–Crippen MR) is 154 cm³/mol. The van der Waals surface area contributed by atoms with E-state index in [0.29, 0.717) is 0 Å². The van der Waals surface area contributed by atoms with Crippen LogP contribution >= 0.6 is 0 Å². The molecule has 6 atom stereocenters. The summed E-state index contributed by atoms with van der Waals surface area (Å²) in [6.45, 7) is 12.8. The molecule has 0 radical (unpaired) electrons. The Kier molecular flexibility index (Phi) is 10.2. The Morgan fingerprint density at radius 1 is 0.955 bits per heavy atom. The molecule has 248 valence electrons. The van der Waals surface area contributed by atoms with Crippen molar-refractivity contribution < 1.29 is 41.9 Å². The summed E-state index contributed by atoms with van der Waals surface area (Å²) in [5.41, 5.74) is -1.20. The van der Waals surface area contributed by atoms with Gasteiger partial charge in [0.1, 0.15) is 12.1 Å². The Morgan fingerprint density at radius 2 is 1.55 bits per heavy atom. The van der Waals surface area contributed by atoms with Gasteiger partial charge in [-0.1, -0.05) is 48.5 Å². The lowest BCUT2D eigenvalue weighted by Crippen LogP contribution is -2.62. The molecule has 4 N–H and O–H groups in total. The Labute approximate surface area is 256 Å². The van der Waals surface area contributed by atoms with Gasteiger partial charge in [0.15, 0.2) is 5.78 Å². The third kappa shape index (κ3) is 7.90. The molecule has 1 unspecified atom stereocenters. The highest BCUT2D eigenvalue weighted by Crippen LogP contribution is 2.65. The number of carbonyl (C=O) groups excluding carboxylic acids is 6. The molecular weight excluding hydrogens is 583 g/mol. The number of rotatable bonds is 12. The highest BCUT2D eigenvalue weighted by molar-refractivity contribution is 6.38. The van der Waals surface area contributed by atoms with Crippen molar-refractivity contribution in [3.05, 3.63) is 0 Å². The van der Waals surface area contributed by atoms with Gasteiger partial charge >= 0.3 is 12.2 Å². The molecular formula is C30H46F3N5O6. The summed E-state index contributed by atoms with van der Waals surface area (Å²) in [4.78, 5) is 79.6. The van der Waals surface area contributed by atoms with E-state index < -0.39 is 78.1 Å². The van der Waals surface area contributed by atoms with Gasteiger partial charge in [-0.25, -0.2) is 4.79 Å². The van der Waals surface area contributed by atoms with Crippen molar-refractivity contribution in [2.24, 2.45) is 34.5 Å². The standard InChI is InChI=1S/C30H46F3N5O6/c1-14(2)19(21(39)15-9-10-15)36-27(44)37-23(28(3,4)5)26(43)38-13-16-18(29(16,6)7)20(38)24(41)35-17(11-12-30(31,32)33)22(40)25(42)34-8/h14-20,23H,9-13H2,1-8H3,(H,34,42)(H,35,41)(H2,36,37,44)/t16-,17?,18-,19-,20-,23+/m0/s1. The number of Topliss-reactive ketones (excluding diaryl/α,β-unsaturated/α-hetero) is 2. The minimum atomic E-state index is -4.63. The minimum absolute atomic E-state index is 0.0567. The van der Waals surface area contributed by atoms with E-state index in [1.807, 2.05) is 27.7 Å². The van der Waals surface area contributed by atoms with Crippen molar-refractivity contribution in [3.63, 3.8) is 0 Å². The predicted octanol–water partition coefficient (Wildman–Crippen LogP) is 2.33. The molecule has 1 aliphatic heterocycles. The largest absolute Gasteiger partial charge is 0.389 e. The Balaban J connectivity index is 1.83. The van der Waals surface area contributed by atoms with Crippen LogP contribution in [0.2, 0.25) is 0 Å². The quantitative estimate of drug-likeness (QED) is 0.243. The van der Waals surface area contributed by atoms with Gasteiger partial charge in [-0.15, -0.1) is 0 Å². The molecule has 11 nitrogen and oxygen atoms in total. The van der Waals surface area contributed by atoms with Crippen LogP contribution in [-0.4, -0.2) is 84.2 Å². The van der Waals surface area contributed by atoms with Crippen LogP contribution in [0.25, 0.3) is 0 Å². The molecule has 0 aromatic rings. The molecule has 1 heterocycles. The van der Waals surface area contributed by atoms with Crippen molar-refractivity contribution in [2.75, 3.05) is 13.6 Å². The summed E-state index contributed by atoms with van der Waals surface area (Å²) in [5, 5.41) is 9.83. The first-order valence-electron chi connectivity index (χ1n) is 15.2. The van der Waals surface area contributed by atoms with E-state index in [1.54, 1.807) is 20.8 Å². The first-order chi connectivity index (χ1) is 20.1. The van der Waals surface area contributed by atoms with Crippen molar-refractivity contribution >= 4 is 35.3 Å². The van der Waals surface area contributed by atoms with E-state index in [9.17, 15) is 41.9 Å². The van der Waals surface area contributed by atoms with Crippen molar-refractivity contribution in [2.45, 2.75) is 104 Å². The lowest BCUT2D eigenvalue weighted by Gasteiger charge is -2.38. The Bertz CT molecular complexity index is 1180. The van der Waals surface area contributed by atoms with Gasteiger partial charge in [0.25, 0.3) is 5.91 Å². The number of hydrogen-bond donors (Lipinski definition) is 4. The zero-order valence-electron chi connectivity index (χ0n) is 26.7. The highest BCUT2D eigenvalue weighted by Gasteiger charge is 2.70. The Morgan fingerprint density at radius 3 is 2.02 bits per heavy atom. The summed E-state index contributed by atoms with van der Waals surface area (Å²) in [7, 11) is 1.15. The average Bonchev–Trinajstić information content (AvgIpc) is 3.79. The number of urea groups is 1. The first-order valence-corrected chi connectivity index (χ1v) is 15.2. The van der Waals surface area contributed by atoms with E-state index in [1.165, 1.54) is 4.90 Å². The van der Waals surface area contributed by atoms with E-state index in [4.69, 9.17) is 0 Å². The molecule has 14 heteroatoms. The second-order valence-corrected chi connectivity index (χ2v) is 14.4. The van der Waals surface area contributed by atoms with E-state index in [0.717, 1.165) is 19.9 Å². The van der Waals surface area contributed by atoms with Gasteiger partial charge in [-0.3, -0.25) is 24.0 Å². The van der Waals surface area contributed by atoms with E-state index in [2.05, 4.69) is 21.3 Å². The molecule has 0 aromatic carbocycles. The van der Waals surface area contributed by atoms with Crippen molar-refractivity contribution in [1.82, 2.24) is 26.2 Å². The molecule has 3 fully saturated rings. The van der Waals surface area contributed by atoms with Crippen LogP contribution in [0.1, 0.15) is 74.1 Å². The number of hydrogen-bond acceptors (Lipinski definition) is 6. The molecule has 0 bridgehead atoms. The van der Waals surface area contributed by atoms with Gasteiger partial charge in [-0.2, -0.15) is 13.2 Å². The van der Waals surface area contributed by atoms with E-state index >= 15 is 0 Å². The van der Waals surface area contributed by atoms with Crippen LogP contribution in [0, 0.1) is 34.5 Å². The second kappa shape index (κ2) is 12.7. The fourth-order valence-electron chi connectivity index (χ4n) is 6.25. The number of likely N-dealkylation sites (tertiary alicyclic amines) is 1. The van der Waals surface area contributed by atoms with Gasteiger partial charge in [0.2, 0.25) is 17.6 Å². The summed E-state index contributed by atoms with van der Waals surface area (Å²) in [5.74, 6) is -4.55. The second-order valence-electron chi connectivity index (χ2n) is 14.4. The molecule has 2 aliphatic carbocycles. The summed E-state index contributed by atoms with van der Waals surface area (Å²) >= 11 is 0. The lowest BCUT2D eigenvalue weighted by molar-refractivity contribution is -0.148. The number of likely N-dealkylation sites (N-methyl/N-ethyl adjacent to an activating group) is 1. The maximum Gasteiger partial charge on any atom is 0.389 e. The number of nitrogens with zero attached hydrogens (tertiary/aromatic N) is 1. The molecule has 1 saturated heterocycles. The van der Waals surface area contributed by atoms with Crippen molar-refractivity contribution in [3.8, 4) is 0 Å². The smallest absolute Gasteiger partial charge is 0.353 e. The third-order valence-electron chi connectivity index (χ3n) is 9.19. The van der Waals surface area contributed by atoms with Crippen LogP contribution in [-0.2, 0) is 24.0 Å². The van der Waals surface area contributed by atoms with Crippen LogP contribution in [0.3, 0.4) is 0 Å². The normalized spacial score (nSPS) is 24.5. The summed E-state index contributed by atoms with van der Waals surface area (Å²) in [6, 6.07) is -5.46. The van der Waals surface area contributed by atoms with Crippen LogP contribution in [0.4, 0.5) is 18.0 Å². The maximum absolute atomic E-state index is 14.1. The number of carbonyl (C=O) groups is 6. The molecule has 0 aromatic heterocycles. The fraction of sp³-hybridized carbons (Fsp3) is 0.800. The lowest BCUT2D eigenvalue weighted by atomic mass is 9.85. The number of piperidine rings is 1. The van der Waals surface area contributed by atoms with Crippen LogP contribution in [0.5, 0.6) is 0 Å². The molecule has 2 saturated carbocycles.